The molecule has 0 bridgehead atoms. The Kier molecular flexibility index (Phi) is 3.97. The van der Waals surface area contributed by atoms with E-state index < -0.39 is 0 Å². The van der Waals surface area contributed by atoms with Crippen LogP contribution in [-0.2, 0) is 0 Å². The molecule has 2 nitrogen and oxygen atoms in total. The van der Waals surface area contributed by atoms with E-state index in [0.29, 0.717) is 16.9 Å². The second-order valence-electron chi connectivity index (χ2n) is 7.60. The summed E-state index contributed by atoms with van der Waals surface area (Å²) in [5, 5.41) is 3.63. The lowest BCUT2D eigenvalue weighted by Crippen LogP contribution is -2.40. The number of nitrogens with one attached hydrogen (secondary N) is 1. The van der Waals surface area contributed by atoms with Crippen molar-refractivity contribution in [2.75, 3.05) is 5.32 Å². The van der Waals surface area contributed by atoms with Gasteiger partial charge in [0.25, 0.3) is 0 Å². The van der Waals surface area contributed by atoms with E-state index in [9.17, 15) is 0 Å². The van der Waals surface area contributed by atoms with Crippen molar-refractivity contribution >= 4 is 21.7 Å². The van der Waals surface area contributed by atoms with Crippen LogP contribution in [-0.4, -0.2) is 11.0 Å². The van der Waals surface area contributed by atoms with Gasteiger partial charge < -0.3 is 5.32 Å². The number of hydrogen-bond acceptors (Lipinski definition) is 2. The van der Waals surface area contributed by atoms with Crippen LogP contribution in [0.1, 0.15) is 52.5 Å². The first-order valence-corrected chi connectivity index (χ1v) is 7.85. The molecule has 19 heavy (non-hydrogen) atoms. The lowest BCUT2D eigenvalue weighted by molar-refractivity contribution is 0.105. The maximum absolute atomic E-state index is 4.51. The predicted molar refractivity (Wildman–Crippen MR) is 85.5 cm³/mol. The van der Waals surface area contributed by atoms with Crippen molar-refractivity contribution in [1.29, 1.82) is 0 Å². The molecule has 2 rings (SSSR count). The maximum Gasteiger partial charge on any atom is 0.140 e. The van der Waals surface area contributed by atoms with Gasteiger partial charge in [0.1, 0.15) is 5.82 Å². The van der Waals surface area contributed by atoms with Crippen LogP contribution < -0.4 is 5.32 Å². The van der Waals surface area contributed by atoms with Gasteiger partial charge in [0.2, 0.25) is 0 Å². The average Bonchev–Trinajstić information content (AvgIpc) is 2.17. The molecule has 0 aliphatic heterocycles. The molecule has 0 saturated heterocycles. The van der Waals surface area contributed by atoms with Crippen molar-refractivity contribution in [1.82, 2.24) is 4.98 Å². The summed E-state index contributed by atoms with van der Waals surface area (Å²) < 4.78 is 1.06. The minimum absolute atomic E-state index is 0.399. The first-order chi connectivity index (χ1) is 8.67. The predicted octanol–water partition coefficient (Wildman–Crippen LogP) is 5.17. The highest BCUT2D eigenvalue weighted by molar-refractivity contribution is 9.10. The summed E-state index contributed by atoms with van der Waals surface area (Å²) in [6, 6.07) is 2.62. The number of nitrogens with zero attached hydrogens (tertiary/aromatic N) is 1. The van der Waals surface area contributed by atoms with Gasteiger partial charge in [0.15, 0.2) is 0 Å². The van der Waals surface area contributed by atoms with Gasteiger partial charge in [-0.25, -0.2) is 4.98 Å². The highest BCUT2D eigenvalue weighted by atomic mass is 79.9. The SMILES string of the molecule is Cc1cnc(NC2CC(C)(C)CC(C)(C)C2)c(Br)c1. The molecule has 1 aliphatic carbocycles. The minimum Gasteiger partial charge on any atom is -0.366 e. The Morgan fingerprint density at radius 1 is 1.21 bits per heavy atom. The Labute approximate surface area is 125 Å². The van der Waals surface area contributed by atoms with Crippen molar-refractivity contribution in [3.63, 3.8) is 0 Å². The molecule has 1 aromatic heterocycles. The molecule has 1 aliphatic rings. The number of aromatic nitrogens is 1. The fourth-order valence-electron chi connectivity index (χ4n) is 3.78. The summed E-state index contributed by atoms with van der Waals surface area (Å²) in [5.74, 6) is 0.976. The van der Waals surface area contributed by atoms with Crippen LogP contribution in [0, 0.1) is 17.8 Å². The molecule has 106 valence electrons. The van der Waals surface area contributed by atoms with Gasteiger partial charge in [0, 0.05) is 12.2 Å². The molecule has 0 amide bonds. The zero-order valence-corrected chi connectivity index (χ0v) is 14.3. The smallest absolute Gasteiger partial charge is 0.140 e. The van der Waals surface area contributed by atoms with Crippen LogP contribution in [0.25, 0.3) is 0 Å². The Hall–Kier alpha value is -0.570. The van der Waals surface area contributed by atoms with Gasteiger partial charge in [-0.1, -0.05) is 27.7 Å². The summed E-state index contributed by atoms with van der Waals surface area (Å²) in [7, 11) is 0. The summed E-state index contributed by atoms with van der Waals surface area (Å²) in [5.41, 5.74) is 1.98. The van der Waals surface area contributed by atoms with Crippen LogP contribution in [0.5, 0.6) is 0 Å². The Morgan fingerprint density at radius 3 is 2.32 bits per heavy atom. The summed E-state index contributed by atoms with van der Waals surface area (Å²) >= 11 is 3.61. The van der Waals surface area contributed by atoms with Crippen LogP contribution in [0.15, 0.2) is 16.7 Å². The first kappa shape index (κ1) is 14.8. The fourth-order valence-corrected chi connectivity index (χ4v) is 4.36. The number of pyridine rings is 1. The number of rotatable bonds is 2. The monoisotopic (exact) mass is 324 g/mol. The van der Waals surface area contributed by atoms with E-state index in [4.69, 9.17) is 0 Å². The molecule has 0 unspecified atom stereocenters. The number of halogens is 1. The second-order valence-corrected chi connectivity index (χ2v) is 8.45. The first-order valence-electron chi connectivity index (χ1n) is 7.06. The Balaban J connectivity index is 2.14. The van der Waals surface area contributed by atoms with Crippen molar-refractivity contribution in [2.45, 2.75) is 59.9 Å². The van der Waals surface area contributed by atoms with E-state index >= 15 is 0 Å². The van der Waals surface area contributed by atoms with Gasteiger partial charge in [-0.3, -0.25) is 0 Å². The van der Waals surface area contributed by atoms with Gasteiger partial charge in [-0.15, -0.1) is 0 Å². The van der Waals surface area contributed by atoms with E-state index in [-0.39, 0.29) is 0 Å². The molecule has 3 heteroatoms. The largest absolute Gasteiger partial charge is 0.366 e. The summed E-state index contributed by atoms with van der Waals surface area (Å²) in [6.07, 6.45) is 5.63. The molecule has 0 atom stereocenters. The van der Waals surface area contributed by atoms with E-state index in [1.807, 2.05) is 6.20 Å². The molecule has 0 radical (unpaired) electrons. The van der Waals surface area contributed by atoms with Crippen LogP contribution in [0.2, 0.25) is 0 Å². The van der Waals surface area contributed by atoms with Gasteiger partial charge in [0.05, 0.1) is 4.47 Å². The maximum atomic E-state index is 4.51. The lowest BCUT2D eigenvalue weighted by atomic mass is 9.63. The van der Waals surface area contributed by atoms with Gasteiger partial charge >= 0.3 is 0 Å². The summed E-state index contributed by atoms with van der Waals surface area (Å²) in [6.45, 7) is 11.6. The highest BCUT2D eigenvalue weighted by Gasteiger charge is 2.38. The van der Waals surface area contributed by atoms with E-state index in [1.165, 1.54) is 24.8 Å². The van der Waals surface area contributed by atoms with Crippen molar-refractivity contribution < 1.29 is 0 Å². The fraction of sp³-hybridized carbons (Fsp3) is 0.688. The average molecular weight is 325 g/mol. The molecule has 1 heterocycles. The van der Waals surface area contributed by atoms with Crippen LogP contribution in [0.4, 0.5) is 5.82 Å². The lowest BCUT2D eigenvalue weighted by Gasteiger charge is -2.45. The molecule has 1 fully saturated rings. The van der Waals surface area contributed by atoms with Crippen molar-refractivity contribution in [2.24, 2.45) is 10.8 Å². The van der Waals surface area contributed by atoms with Gasteiger partial charge in [-0.05, 0) is 64.6 Å². The zero-order valence-electron chi connectivity index (χ0n) is 12.7. The zero-order chi connectivity index (χ0) is 14.3. The Morgan fingerprint density at radius 2 is 1.79 bits per heavy atom. The third-order valence-electron chi connectivity index (χ3n) is 3.87. The normalized spacial score (nSPS) is 22.2. The molecule has 0 aromatic carbocycles. The van der Waals surface area contributed by atoms with E-state index in [1.54, 1.807) is 0 Å². The van der Waals surface area contributed by atoms with E-state index in [0.717, 1.165) is 10.3 Å². The number of hydrogen-bond donors (Lipinski definition) is 1. The summed E-state index contributed by atoms with van der Waals surface area (Å²) in [4.78, 5) is 4.51. The quantitative estimate of drug-likeness (QED) is 0.811. The highest BCUT2D eigenvalue weighted by Crippen LogP contribution is 2.46. The molecular weight excluding hydrogens is 300 g/mol. The third-order valence-corrected chi connectivity index (χ3v) is 4.48. The van der Waals surface area contributed by atoms with Crippen LogP contribution in [0.3, 0.4) is 0 Å². The third kappa shape index (κ3) is 3.95. The minimum atomic E-state index is 0.399. The van der Waals surface area contributed by atoms with Crippen LogP contribution >= 0.6 is 15.9 Å². The molecular formula is C16H25BrN2. The van der Waals surface area contributed by atoms with E-state index in [2.05, 4.69) is 66.9 Å². The molecule has 1 aromatic rings. The van der Waals surface area contributed by atoms with Crippen molar-refractivity contribution in [3.8, 4) is 0 Å². The molecule has 1 saturated carbocycles. The second kappa shape index (κ2) is 5.08. The standard InChI is InChI=1S/C16H25BrN2/c1-11-6-13(17)14(18-9-11)19-12-7-15(2,3)10-16(4,5)8-12/h6,9,12H,7-8,10H2,1-5H3,(H,18,19). The number of aryl methyl sites for hydroxylation is 1. The molecule has 0 spiro atoms. The van der Waals surface area contributed by atoms with Crippen molar-refractivity contribution in [3.05, 3.63) is 22.3 Å². The topological polar surface area (TPSA) is 24.9 Å². The van der Waals surface area contributed by atoms with Gasteiger partial charge in [-0.2, -0.15) is 0 Å². The number of anilines is 1. The Bertz CT molecular complexity index is 450. The molecule has 1 N–H and O–H groups in total.